The van der Waals surface area contributed by atoms with Crippen LogP contribution in [0.2, 0.25) is 5.02 Å². The number of aromatic carboxylic acids is 1. The van der Waals surface area contributed by atoms with Crippen molar-refractivity contribution in [2.45, 2.75) is 25.0 Å². The third-order valence-electron chi connectivity index (χ3n) is 3.74. The Morgan fingerprint density at radius 1 is 1.37 bits per heavy atom. The molecule has 0 radical (unpaired) electrons. The summed E-state index contributed by atoms with van der Waals surface area (Å²) in [6.07, 6.45) is 1.70. The Balaban J connectivity index is 2.04. The average Bonchev–Trinajstić information content (AvgIpc) is 3.04. The average molecular weight is 408 g/mol. The number of rotatable bonds is 7. The molecular formula is C17H18ClN5O3S. The third kappa shape index (κ3) is 4.15. The van der Waals surface area contributed by atoms with E-state index in [1.165, 1.54) is 23.9 Å². The van der Waals surface area contributed by atoms with Gasteiger partial charge in [-0.2, -0.15) is 0 Å². The zero-order chi connectivity index (χ0) is 19.6. The number of carboxylic acid groups (broad SMARTS) is 1. The second kappa shape index (κ2) is 8.12. The molecule has 0 saturated carbocycles. The highest BCUT2D eigenvalue weighted by molar-refractivity contribution is 7.99. The van der Waals surface area contributed by atoms with Crippen LogP contribution >= 0.6 is 23.4 Å². The molecule has 0 fully saturated rings. The summed E-state index contributed by atoms with van der Waals surface area (Å²) in [4.78, 5) is 24.6. The fraction of sp³-hybridized carbons (Fsp3) is 0.294. The number of aliphatic hydroxyl groups is 1. The van der Waals surface area contributed by atoms with E-state index in [0.717, 1.165) is 0 Å². The van der Waals surface area contributed by atoms with Crippen molar-refractivity contribution in [1.29, 1.82) is 0 Å². The van der Waals surface area contributed by atoms with Gasteiger partial charge in [-0.05, 0) is 32.0 Å². The molecule has 3 rings (SSSR count). The van der Waals surface area contributed by atoms with Crippen LogP contribution in [0, 0.1) is 0 Å². The third-order valence-corrected chi connectivity index (χ3v) is 4.88. The first-order chi connectivity index (χ1) is 12.9. The number of imidazole rings is 1. The second-order valence-electron chi connectivity index (χ2n) is 5.97. The summed E-state index contributed by atoms with van der Waals surface area (Å²) < 4.78 is 1.94. The lowest BCUT2D eigenvalue weighted by atomic mass is 10.2. The molecule has 0 spiro atoms. The Hall–Kier alpha value is -2.36. The molecule has 3 aromatic rings. The number of nitrogens with one attached hydrogen (secondary N) is 1. The standard InChI is InChI=1S/C17H18ClN5O3S/c1-9(2)23-8-19-13-14(21-17(22-15(13)23)27-6-5-24)20-10-3-4-11(16(25)26)12(18)7-10/h3-4,7-9,24H,5-6H2,1-2H3,(H,25,26)(H,20,21,22). The maximum absolute atomic E-state index is 11.1. The molecule has 27 heavy (non-hydrogen) atoms. The molecule has 0 aliphatic heterocycles. The predicted molar refractivity (Wildman–Crippen MR) is 105 cm³/mol. The van der Waals surface area contributed by atoms with E-state index in [-0.39, 0.29) is 23.2 Å². The summed E-state index contributed by atoms with van der Waals surface area (Å²) in [6.45, 7) is 4.08. The summed E-state index contributed by atoms with van der Waals surface area (Å²) in [5.41, 5.74) is 1.88. The van der Waals surface area contributed by atoms with E-state index in [1.54, 1.807) is 12.4 Å². The molecule has 3 N–H and O–H groups in total. The maximum Gasteiger partial charge on any atom is 0.337 e. The lowest BCUT2D eigenvalue weighted by molar-refractivity contribution is 0.0697. The number of halogens is 1. The van der Waals surface area contributed by atoms with Gasteiger partial charge in [0.05, 0.1) is 23.5 Å². The van der Waals surface area contributed by atoms with Crippen LogP contribution in [-0.2, 0) is 0 Å². The summed E-state index contributed by atoms with van der Waals surface area (Å²) in [5, 5.41) is 22.0. The second-order valence-corrected chi connectivity index (χ2v) is 7.44. The molecule has 0 unspecified atom stereocenters. The van der Waals surface area contributed by atoms with Crippen molar-refractivity contribution in [1.82, 2.24) is 19.5 Å². The van der Waals surface area contributed by atoms with Crippen LogP contribution in [0.15, 0.2) is 29.7 Å². The first-order valence-electron chi connectivity index (χ1n) is 8.18. The molecule has 0 saturated heterocycles. The van der Waals surface area contributed by atoms with E-state index in [2.05, 4.69) is 20.3 Å². The highest BCUT2D eigenvalue weighted by Gasteiger charge is 2.16. The quantitative estimate of drug-likeness (QED) is 0.402. The molecule has 0 atom stereocenters. The molecule has 142 valence electrons. The van der Waals surface area contributed by atoms with Gasteiger partial charge < -0.3 is 20.1 Å². The number of fused-ring (bicyclic) bond motifs is 1. The van der Waals surface area contributed by atoms with Gasteiger partial charge in [-0.3, -0.25) is 0 Å². The van der Waals surface area contributed by atoms with Gasteiger partial charge in [-0.15, -0.1) is 0 Å². The monoisotopic (exact) mass is 407 g/mol. The number of nitrogens with zero attached hydrogens (tertiary/aromatic N) is 4. The molecule has 0 bridgehead atoms. The van der Waals surface area contributed by atoms with Crippen molar-refractivity contribution in [3.8, 4) is 0 Å². The molecule has 1 aromatic carbocycles. The summed E-state index contributed by atoms with van der Waals surface area (Å²) in [6, 6.07) is 4.74. The molecule has 0 amide bonds. The first-order valence-corrected chi connectivity index (χ1v) is 9.55. The highest BCUT2D eigenvalue weighted by atomic mass is 35.5. The van der Waals surface area contributed by atoms with Gasteiger partial charge in [0.15, 0.2) is 22.1 Å². The van der Waals surface area contributed by atoms with Crippen LogP contribution in [0.3, 0.4) is 0 Å². The predicted octanol–water partition coefficient (Wildman–Crippen LogP) is 3.59. The lowest BCUT2D eigenvalue weighted by Crippen LogP contribution is -2.04. The van der Waals surface area contributed by atoms with E-state index in [4.69, 9.17) is 21.8 Å². The minimum atomic E-state index is -1.09. The molecular weight excluding hydrogens is 390 g/mol. The lowest BCUT2D eigenvalue weighted by Gasteiger charge is -2.11. The minimum Gasteiger partial charge on any atom is -0.478 e. The fourth-order valence-electron chi connectivity index (χ4n) is 2.47. The summed E-state index contributed by atoms with van der Waals surface area (Å²) >= 11 is 7.39. The Bertz CT molecular complexity index is 992. The summed E-state index contributed by atoms with van der Waals surface area (Å²) in [7, 11) is 0. The van der Waals surface area contributed by atoms with Crippen molar-refractivity contribution in [2.24, 2.45) is 0 Å². The largest absolute Gasteiger partial charge is 0.478 e. The number of thioether (sulfide) groups is 1. The molecule has 8 nitrogen and oxygen atoms in total. The topological polar surface area (TPSA) is 113 Å². The zero-order valence-electron chi connectivity index (χ0n) is 14.7. The maximum atomic E-state index is 11.1. The van der Waals surface area contributed by atoms with Crippen molar-refractivity contribution in [2.75, 3.05) is 17.7 Å². The van der Waals surface area contributed by atoms with Crippen molar-refractivity contribution < 1.29 is 15.0 Å². The summed E-state index contributed by atoms with van der Waals surface area (Å²) in [5.74, 6) is -0.131. The van der Waals surface area contributed by atoms with Crippen molar-refractivity contribution >= 4 is 52.0 Å². The fourth-order valence-corrected chi connectivity index (χ4v) is 3.31. The number of carbonyl (C=O) groups is 1. The Morgan fingerprint density at radius 3 is 2.78 bits per heavy atom. The smallest absolute Gasteiger partial charge is 0.337 e. The van der Waals surface area contributed by atoms with Crippen LogP contribution in [0.1, 0.15) is 30.2 Å². The number of anilines is 2. The van der Waals surface area contributed by atoms with Gasteiger partial charge >= 0.3 is 5.97 Å². The molecule has 2 heterocycles. The van der Waals surface area contributed by atoms with Crippen molar-refractivity contribution in [3.63, 3.8) is 0 Å². The van der Waals surface area contributed by atoms with E-state index in [1.807, 2.05) is 18.4 Å². The number of aromatic nitrogens is 4. The van der Waals surface area contributed by atoms with Gasteiger partial charge in [0.2, 0.25) is 0 Å². The van der Waals surface area contributed by atoms with Crippen LogP contribution in [0.25, 0.3) is 11.2 Å². The number of benzene rings is 1. The van der Waals surface area contributed by atoms with Crippen LogP contribution < -0.4 is 5.32 Å². The van der Waals surface area contributed by atoms with Gasteiger partial charge in [0.1, 0.15) is 0 Å². The number of hydrogen-bond acceptors (Lipinski definition) is 7. The normalized spacial score (nSPS) is 11.3. The number of aliphatic hydroxyl groups excluding tert-OH is 1. The van der Waals surface area contributed by atoms with E-state index in [9.17, 15) is 4.79 Å². The molecule has 10 heteroatoms. The Kier molecular flexibility index (Phi) is 5.83. The van der Waals surface area contributed by atoms with Gasteiger partial charge in [-0.1, -0.05) is 23.4 Å². The Morgan fingerprint density at radius 2 is 2.15 bits per heavy atom. The molecule has 0 aliphatic carbocycles. The molecule has 2 aromatic heterocycles. The Labute approximate surface area is 164 Å². The van der Waals surface area contributed by atoms with E-state index < -0.39 is 5.97 Å². The van der Waals surface area contributed by atoms with E-state index >= 15 is 0 Å². The van der Waals surface area contributed by atoms with Crippen molar-refractivity contribution in [3.05, 3.63) is 35.1 Å². The van der Waals surface area contributed by atoms with Crippen LogP contribution in [0.5, 0.6) is 0 Å². The number of carboxylic acids is 1. The SMILES string of the molecule is CC(C)n1cnc2c(Nc3ccc(C(=O)O)c(Cl)c3)nc(SCCO)nc21. The first kappa shape index (κ1) is 19.4. The van der Waals surface area contributed by atoms with E-state index in [0.29, 0.717) is 33.6 Å². The number of hydrogen-bond donors (Lipinski definition) is 3. The van der Waals surface area contributed by atoms with Crippen LogP contribution in [-0.4, -0.2) is 48.1 Å². The highest BCUT2D eigenvalue weighted by Crippen LogP contribution is 2.29. The van der Waals surface area contributed by atoms with Crippen LogP contribution in [0.4, 0.5) is 11.5 Å². The van der Waals surface area contributed by atoms with Gasteiger partial charge in [-0.25, -0.2) is 19.7 Å². The zero-order valence-corrected chi connectivity index (χ0v) is 16.3. The minimum absolute atomic E-state index is 0.0184. The molecule has 0 aliphatic rings. The van der Waals surface area contributed by atoms with Gasteiger partial charge in [0, 0.05) is 17.5 Å². The van der Waals surface area contributed by atoms with Gasteiger partial charge in [0.25, 0.3) is 0 Å².